The van der Waals surface area contributed by atoms with E-state index in [1.165, 1.54) is 29.7 Å². The lowest BCUT2D eigenvalue weighted by Gasteiger charge is -2.20. The lowest BCUT2D eigenvalue weighted by Crippen LogP contribution is -2.38. The van der Waals surface area contributed by atoms with Crippen LogP contribution in [0.2, 0.25) is 0 Å². The van der Waals surface area contributed by atoms with Gasteiger partial charge in [0, 0.05) is 30.9 Å². The molecule has 1 saturated heterocycles. The van der Waals surface area contributed by atoms with Crippen LogP contribution < -0.4 is 5.32 Å². The highest BCUT2D eigenvalue weighted by atomic mass is 32.1. The molecule has 0 bridgehead atoms. The van der Waals surface area contributed by atoms with Gasteiger partial charge >= 0.3 is 0 Å². The Morgan fingerprint density at radius 3 is 2.78 bits per heavy atom. The minimum absolute atomic E-state index is 0.0188. The number of carbonyl (C=O) groups excluding carboxylic acids is 2. The summed E-state index contributed by atoms with van der Waals surface area (Å²) in [6.07, 6.45) is 9.89. The maximum atomic E-state index is 12.3. The normalized spacial score (nSPS) is 19.0. The minimum atomic E-state index is 0.0188. The van der Waals surface area contributed by atoms with Gasteiger partial charge in [-0.2, -0.15) is 0 Å². The Hall–Kier alpha value is -1.36. The number of nitrogens with one attached hydrogen (secondary N) is 1. The lowest BCUT2D eigenvalue weighted by atomic mass is 10.1. The van der Waals surface area contributed by atoms with E-state index in [9.17, 15) is 9.59 Å². The fourth-order valence-electron chi connectivity index (χ4n) is 3.45. The molecule has 4 nitrogen and oxygen atoms in total. The first-order valence-electron chi connectivity index (χ1n) is 8.91. The minimum Gasteiger partial charge on any atom is -0.350 e. The molecule has 2 heterocycles. The van der Waals surface area contributed by atoms with Crippen LogP contribution >= 0.6 is 11.3 Å². The van der Waals surface area contributed by atoms with Crippen LogP contribution in [0.25, 0.3) is 0 Å². The molecule has 0 atom stereocenters. The predicted octanol–water partition coefficient (Wildman–Crippen LogP) is 3.15. The van der Waals surface area contributed by atoms with Crippen molar-refractivity contribution in [3.63, 3.8) is 0 Å². The number of amides is 2. The smallest absolute Gasteiger partial charge is 0.261 e. The summed E-state index contributed by atoms with van der Waals surface area (Å²) < 4.78 is 0. The van der Waals surface area contributed by atoms with Gasteiger partial charge in [0.2, 0.25) is 5.91 Å². The van der Waals surface area contributed by atoms with Gasteiger partial charge in [0.25, 0.3) is 5.91 Å². The van der Waals surface area contributed by atoms with Crippen molar-refractivity contribution < 1.29 is 9.59 Å². The number of nitrogens with zero attached hydrogens (tertiary/aromatic N) is 1. The predicted molar refractivity (Wildman–Crippen MR) is 93.0 cm³/mol. The van der Waals surface area contributed by atoms with Crippen LogP contribution in [-0.2, 0) is 17.6 Å². The summed E-state index contributed by atoms with van der Waals surface area (Å²) >= 11 is 1.65. The summed E-state index contributed by atoms with van der Waals surface area (Å²) in [6.45, 7) is 2.02. The molecular formula is C18H26N2O2S. The first-order chi connectivity index (χ1) is 11.2. The van der Waals surface area contributed by atoms with E-state index < -0.39 is 0 Å². The summed E-state index contributed by atoms with van der Waals surface area (Å²) in [5.41, 5.74) is 1.38. The molecule has 126 valence electrons. The van der Waals surface area contributed by atoms with Crippen molar-refractivity contribution >= 4 is 23.2 Å². The molecule has 1 aliphatic heterocycles. The van der Waals surface area contributed by atoms with E-state index in [1.54, 1.807) is 11.3 Å². The number of hydrogen-bond acceptors (Lipinski definition) is 3. The van der Waals surface area contributed by atoms with Gasteiger partial charge in [0.15, 0.2) is 0 Å². The second-order valence-corrected chi connectivity index (χ2v) is 7.70. The number of likely N-dealkylation sites (tertiary alicyclic amines) is 1. The Bertz CT molecular complexity index is 544. The van der Waals surface area contributed by atoms with Gasteiger partial charge in [0.1, 0.15) is 0 Å². The van der Waals surface area contributed by atoms with E-state index in [-0.39, 0.29) is 11.8 Å². The summed E-state index contributed by atoms with van der Waals surface area (Å²) in [6, 6.07) is 2.08. The van der Waals surface area contributed by atoms with Gasteiger partial charge in [0.05, 0.1) is 4.88 Å². The van der Waals surface area contributed by atoms with Gasteiger partial charge in [-0.1, -0.05) is 12.8 Å². The van der Waals surface area contributed by atoms with Crippen LogP contribution in [0.1, 0.15) is 65.1 Å². The monoisotopic (exact) mass is 334 g/mol. The van der Waals surface area contributed by atoms with Crippen molar-refractivity contribution in [2.45, 2.75) is 57.8 Å². The fraction of sp³-hybridized carbons (Fsp3) is 0.667. The lowest BCUT2D eigenvalue weighted by molar-refractivity contribution is -0.130. The molecule has 3 rings (SSSR count). The van der Waals surface area contributed by atoms with Crippen LogP contribution in [-0.4, -0.2) is 36.3 Å². The topological polar surface area (TPSA) is 49.4 Å². The van der Waals surface area contributed by atoms with Gasteiger partial charge < -0.3 is 10.2 Å². The Morgan fingerprint density at radius 2 is 1.87 bits per heavy atom. The molecule has 1 N–H and O–H groups in total. The highest BCUT2D eigenvalue weighted by molar-refractivity contribution is 7.14. The quantitative estimate of drug-likeness (QED) is 0.860. The molecule has 5 heteroatoms. The van der Waals surface area contributed by atoms with E-state index in [4.69, 9.17) is 0 Å². The van der Waals surface area contributed by atoms with Crippen molar-refractivity contribution in [1.29, 1.82) is 0 Å². The maximum Gasteiger partial charge on any atom is 0.261 e. The Kier molecular flexibility index (Phi) is 5.70. The van der Waals surface area contributed by atoms with E-state index in [0.29, 0.717) is 19.5 Å². The van der Waals surface area contributed by atoms with Gasteiger partial charge in [-0.05, 0) is 50.2 Å². The van der Waals surface area contributed by atoms with Gasteiger partial charge in [-0.15, -0.1) is 11.3 Å². The Balaban J connectivity index is 1.50. The molecule has 0 radical (unpaired) electrons. The van der Waals surface area contributed by atoms with Crippen molar-refractivity contribution in [3.05, 3.63) is 21.4 Å². The van der Waals surface area contributed by atoms with Crippen LogP contribution in [0, 0.1) is 0 Å². The third kappa shape index (κ3) is 4.34. The molecular weight excluding hydrogens is 308 g/mol. The molecule has 1 aromatic rings. The zero-order chi connectivity index (χ0) is 16.1. The third-order valence-corrected chi connectivity index (χ3v) is 6.04. The molecule has 1 aromatic heterocycles. The molecule has 0 saturated carbocycles. The number of carbonyl (C=O) groups is 2. The van der Waals surface area contributed by atoms with Crippen molar-refractivity contribution in [1.82, 2.24) is 10.2 Å². The van der Waals surface area contributed by atoms with E-state index >= 15 is 0 Å². The largest absolute Gasteiger partial charge is 0.350 e. The highest BCUT2D eigenvalue weighted by Gasteiger charge is 2.18. The highest BCUT2D eigenvalue weighted by Crippen LogP contribution is 2.28. The zero-order valence-electron chi connectivity index (χ0n) is 13.7. The van der Waals surface area contributed by atoms with E-state index in [2.05, 4.69) is 11.4 Å². The second kappa shape index (κ2) is 7.95. The molecule has 2 aliphatic rings. The van der Waals surface area contributed by atoms with Crippen molar-refractivity contribution in [3.8, 4) is 0 Å². The van der Waals surface area contributed by atoms with Crippen LogP contribution in [0.15, 0.2) is 6.07 Å². The van der Waals surface area contributed by atoms with Crippen LogP contribution in [0.4, 0.5) is 0 Å². The summed E-state index contributed by atoms with van der Waals surface area (Å²) in [7, 11) is 0. The fourth-order valence-corrected chi connectivity index (χ4v) is 4.62. The summed E-state index contributed by atoms with van der Waals surface area (Å²) in [5, 5.41) is 2.99. The molecule has 0 spiro atoms. The first-order valence-corrected chi connectivity index (χ1v) is 9.73. The second-order valence-electron chi connectivity index (χ2n) is 6.57. The average molecular weight is 334 g/mol. The van der Waals surface area contributed by atoms with E-state index in [1.807, 2.05) is 4.90 Å². The van der Waals surface area contributed by atoms with Crippen LogP contribution in [0.3, 0.4) is 0 Å². The number of rotatable bonds is 4. The molecule has 1 fully saturated rings. The Labute approximate surface area is 142 Å². The number of fused-ring (bicyclic) bond motifs is 1. The summed E-state index contributed by atoms with van der Waals surface area (Å²) in [4.78, 5) is 28.4. The molecule has 2 amide bonds. The van der Waals surface area contributed by atoms with E-state index in [0.717, 1.165) is 43.5 Å². The van der Waals surface area contributed by atoms with Gasteiger partial charge in [-0.25, -0.2) is 0 Å². The molecule has 0 unspecified atom stereocenters. The molecule has 23 heavy (non-hydrogen) atoms. The average Bonchev–Trinajstić information content (AvgIpc) is 2.69. The van der Waals surface area contributed by atoms with Crippen molar-refractivity contribution in [2.75, 3.05) is 19.6 Å². The SMILES string of the molecule is O=C(NCCN1CCCCCC1=O)c1cc2c(s1)CCCCC2. The summed E-state index contributed by atoms with van der Waals surface area (Å²) in [5.74, 6) is 0.255. The first kappa shape index (κ1) is 16.5. The van der Waals surface area contributed by atoms with Crippen LogP contribution in [0.5, 0.6) is 0 Å². The third-order valence-electron chi connectivity index (χ3n) is 4.81. The molecule has 1 aliphatic carbocycles. The number of hydrogen-bond donors (Lipinski definition) is 1. The Morgan fingerprint density at radius 1 is 1.09 bits per heavy atom. The van der Waals surface area contributed by atoms with Crippen molar-refractivity contribution in [2.24, 2.45) is 0 Å². The standard InChI is InChI=1S/C18H26N2O2S/c21-17-9-5-2-6-11-20(17)12-10-19-18(22)16-13-14-7-3-1-4-8-15(14)23-16/h13H,1-12H2,(H,19,22). The van der Waals surface area contributed by atoms with Gasteiger partial charge in [-0.3, -0.25) is 9.59 Å². The molecule has 0 aromatic carbocycles. The zero-order valence-corrected chi connectivity index (χ0v) is 14.6. The number of aryl methyl sites for hydroxylation is 2. The number of thiophene rings is 1. The maximum absolute atomic E-state index is 12.3.